The standard InChI is InChI=1S/C18H28N2/c1-17(2)9-5-10-18(19,12-11-17)15-8-3-6-14-7-4-13-20-16(14)15/h4,7,13,15H,3,5-6,8-12,19H2,1-2H3. The second kappa shape index (κ2) is 5.14. The summed E-state index contributed by atoms with van der Waals surface area (Å²) in [6.07, 6.45) is 11.8. The van der Waals surface area contributed by atoms with Gasteiger partial charge in [0.15, 0.2) is 0 Å². The van der Waals surface area contributed by atoms with Crippen LogP contribution in [0.4, 0.5) is 0 Å². The highest BCUT2D eigenvalue weighted by molar-refractivity contribution is 5.29. The van der Waals surface area contributed by atoms with Gasteiger partial charge in [0.05, 0.1) is 0 Å². The van der Waals surface area contributed by atoms with Gasteiger partial charge in [-0.05, 0) is 62.0 Å². The quantitative estimate of drug-likeness (QED) is 0.779. The van der Waals surface area contributed by atoms with Gasteiger partial charge in [0.1, 0.15) is 0 Å². The van der Waals surface area contributed by atoms with Gasteiger partial charge < -0.3 is 5.73 Å². The lowest BCUT2D eigenvalue weighted by Gasteiger charge is -2.40. The molecule has 2 aliphatic carbocycles. The SMILES string of the molecule is CC1(C)CCCC(N)(C2CCCc3cccnc32)CC1. The number of hydrogen-bond acceptors (Lipinski definition) is 2. The maximum absolute atomic E-state index is 6.93. The van der Waals surface area contributed by atoms with E-state index in [1.807, 2.05) is 6.20 Å². The molecule has 2 heteroatoms. The summed E-state index contributed by atoms with van der Waals surface area (Å²) in [6.45, 7) is 4.79. The molecule has 1 aromatic rings. The maximum Gasteiger partial charge on any atom is 0.0484 e. The molecule has 0 radical (unpaired) electrons. The van der Waals surface area contributed by atoms with Crippen molar-refractivity contribution in [2.24, 2.45) is 11.1 Å². The monoisotopic (exact) mass is 272 g/mol. The van der Waals surface area contributed by atoms with E-state index in [0.29, 0.717) is 11.3 Å². The molecule has 0 spiro atoms. The Kier molecular flexibility index (Phi) is 3.62. The first kappa shape index (κ1) is 14.1. The van der Waals surface area contributed by atoms with Gasteiger partial charge in [-0.25, -0.2) is 0 Å². The Morgan fingerprint density at radius 1 is 1.15 bits per heavy atom. The molecule has 0 saturated heterocycles. The molecule has 2 atom stereocenters. The van der Waals surface area contributed by atoms with E-state index in [2.05, 4.69) is 26.0 Å². The second-order valence-electron chi connectivity index (χ2n) is 7.74. The number of aromatic nitrogens is 1. The normalized spacial score (nSPS) is 33.2. The molecule has 3 rings (SSSR count). The molecule has 2 nitrogen and oxygen atoms in total. The van der Waals surface area contributed by atoms with Gasteiger partial charge in [-0.15, -0.1) is 0 Å². The number of fused-ring (bicyclic) bond motifs is 1. The first-order valence-electron chi connectivity index (χ1n) is 8.23. The fraction of sp³-hybridized carbons (Fsp3) is 0.722. The highest BCUT2D eigenvalue weighted by Crippen LogP contribution is 2.46. The van der Waals surface area contributed by atoms with Gasteiger partial charge >= 0.3 is 0 Å². The molecule has 20 heavy (non-hydrogen) atoms. The Labute approximate surface area is 123 Å². The third kappa shape index (κ3) is 2.63. The predicted octanol–water partition coefficient (Wildman–Crippen LogP) is 4.19. The molecule has 2 unspecified atom stereocenters. The van der Waals surface area contributed by atoms with Crippen LogP contribution in [0, 0.1) is 5.41 Å². The number of nitrogens with zero attached hydrogens (tertiary/aromatic N) is 1. The summed E-state index contributed by atoms with van der Waals surface area (Å²) < 4.78 is 0. The topological polar surface area (TPSA) is 38.9 Å². The van der Waals surface area contributed by atoms with E-state index in [1.54, 1.807) is 0 Å². The highest BCUT2D eigenvalue weighted by Gasteiger charge is 2.41. The summed E-state index contributed by atoms with van der Waals surface area (Å²) >= 11 is 0. The van der Waals surface area contributed by atoms with Crippen molar-refractivity contribution < 1.29 is 0 Å². The van der Waals surface area contributed by atoms with Crippen molar-refractivity contribution in [2.75, 3.05) is 0 Å². The Morgan fingerprint density at radius 2 is 2.00 bits per heavy atom. The largest absolute Gasteiger partial charge is 0.324 e. The zero-order valence-corrected chi connectivity index (χ0v) is 13.0. The Balaban J connectivity index is 1.89. The van der Waals surface area contributed by atoms with Crippen LogP contribution in [0.2, 0.25) is 0 Å². The van der Waals surface area contributed by atoms with E-state index in [9.17, 15) is 0 Å². The van der Waals surface area contributed by atoms with Crippen molar-refractivity contribution in [1.29, 1.82) is 0 Å². The molecule has 1 fully saturated rings. The number of rotatable bonds is 1. The van der Waals surface area contributed by atoms with Crippen molar-refractivity contribution >= 4 is 0 Å². The summed E-state index contributed by atoms with van der Waals surface area (Å²) in [4.78, 5) is 4.71. The maximum atomic E-state index is 6.93. The van der Waals surface area contributed by atoms with Crippen molar-refractivity contribution in [2.45, 2.75) is 76.7 Å². The average molecular weight is 272 g/mol. The highest BCUT2D eigenvalue weighted by atomic mass is 14.8. The lowest BCUT2D eigenvalue weighted by atomic mass is 9.70. The van der Waals surface area contributed by atoms with Crippen LogP contribution in [0.25, 0.3) is 0 Å². The van der Waals surface area contributed by atoms with Crippen molar-refractivity contribution in [3.63, 3.8) is 0 Å². The van der Waals surface area contributed by atoms with Gasteiger partial charge in [0, 0.05) is 23.3 Å². The van der Waals surface area contributed by atoms with Crippen molar-refractivity contribution in [3.05, 3.63) is 29.6 Å². The summed E-state index contributed by atoms with van der Waals surface area (Å²) in [6, 6.07) is 4.32. The van der Waals surface area contributed by atoms with Gasteiger partial charge in [-0.2, -0.15) is 0 Å². The molecule has 110 valence electrons. The van der Waals surface area contributed by atoms with Crippen LogP contribution >= 0.6 is 0 Å². The van der Waals surface area contributed by atoms with Crippen LogP contribution in [0.15, 0.2) is 18.3 Å². The Hall–Kier alpha value is -0.890. The average Bonchev–Trinajstić information content (AvgIpc) is 2.58. The van der Waals surface area contributed by atoms with Crippen molar-refractivity contribution in [3.8, 4) is 0 Å². The fourth-order valence-corrected chi connectivity index (χ4v) is 4.23. The van der Waals surface area contributed by atoms with Gasteiger partial charge in [-0.1, -0.05) is 26.3 Å². The molecule has 0 amide bonds. The molecular weight excluding hydrogens is 244 g/mol. The number of nitrogens with two attached hydrogens (primary N) is 1. The van der Waals surface area contributed by atoms with Crippen LogP contribution < -0.4 is 5.73 Å². The third-order valence-corrected chi connectivity index (χ3v) is 5.65. The number of hydrogen-bond donors (Lipinski definition) is 1. The summed E-state index contributed by atoms with van der Waals surface area (Å²) in [5.74, 6) is 0.473. The molecule has 0 aromatic carbocycles. The van der Waals surface area contributed by atoms with E-state index >= 15 is 0 Å². The van der Waals surface area contributed by atoms with Crippen LogP contribution in [-0.2, 0) is 6.42 Å². The van der Waals surface area contributed by atoms with Gasteiger partial charge in [-0.3, -0.25) is 4.98 Å². The van der Waals surface area contributed by atoms with E-state index in [-0.39, 0.29) is 5.54 Å². The number of aryl methyl sites for hydroxylation is 1. The Bertz CT molecular complexity index is 480. The van der Waals surface area contributed by atoms with Gasteiger partial charge in [0.25, 0.3) is 0 Å². The molecule has 1 heterocycles. The lowest BCUT2D eigenvalue weighted by molar-refractivity contribution is 0.255. The van der Waals surface area contributed by atoms with Crippen LogP contribution in [0.3, 0.4) is 0 Å². The number of pyridine rings is 1. The first-order chi connectivity index (χ1) is 9.50. The van der Waals surface area contributed by atoms with Crippen molar-refractivity contribution in [1.82, 2.24) is 4.98 Å². The van der Waals surface area contributed by atoms with Gasteiger partial charge in [0.2, 0.25) is 0 Å². The molecule has 2 aliphatic rings. The molecule has 0 bridgehead atoms. The van der Waals surface area contributed by atoms with Crippen LogP contribution in [-0.4, -0.2) is 10.5 Å². The van der Waals surface area contributed by atoms with Crippen LogP contribution in [0.5, 0.6) is 0 Å². The van der Waals surface area contributed by atoms with E-state index in [1.165, 1.54) is 49.8 Å². The fourth-order valence-electron chi connectivity index (χ4n) is 4.23. The van der Waals surface area contributed by atoms with E-state index < -0.39 is 0 Å². The minimum atomic E-state index is -0.0305. The minimum Gasteiger partial charge on any atom is -0.324 e. The lowest BCUT2D eigenvalue weighted by Crippen LogP contribution is -2.47. The zero-order valence-electron chi connectivity index (χ0n) is 13.0. The predicted molar refractivity (Wildman–Crippen MR) is 83.7 cm³/mol. The van der Waals surface area contributed by atoms with E-state index in [4.69, 9.17) is 10.7 Å². The van der Waals surface area contributed by atoms with E-state index in [0.717, 1.165) is 12.8 Å². The van der Waals surface area contributed by atoms with Crippen LogP contribution in [0.1, 0.15) is 76.0 Å². The molecular formula is C18H28N2. The second-order valence-corrected chi connectivity index (χ2v) is 7.74. The molecule has 1 saturated carbocycles. The zero-order chi connectivity index (χ0) is 14.2. The summed E-state index contributed by atoms with van der Waals surface area (Å²) in [7, 11) is 0. The smallest absolute Gasteiger partial charge is 0.0484 e. The molecule has 0 aliphatic heterocycles. The Morgan fingerprint density at radius 3 is 2.85 bits per heavy atom. The molecule has 2 N–H and O–H groups in total. The minimum absolute atomic E-state index is 0.0305. The third-order valence-electron chi connectivity index (χ3n) is 5.65. The first-order valence-corrected chi connectivity index (χ1v) is 8.23. The molecule has 1 aromatic heterocycles. The summed E-state index contributed by atoms with van der Waals surface area (Å²) in [5, 5.41) is 0. The summed E-state index contributed by atoms with van der Waals surface area (Å²) in [5.41, 5.74) is 10.1.